The van der Waals surface area contributed by atoms with Crippen molar-refractivity contribution in [2.45, 2.75) is 31.7 Å². The fourth-order valence-electron chi connectivity index (χ4n) is 2.16. The van der Waals surface area contributed by atoms with E-state index in [9.17, 15) is 9.59 Å². The summed E-state index contributed by atoms with van der Waals surface area (Å²) in [6.07, 6.45) is 1.33. The number of likely N-dealkylation sites (tertiary alicyclic amines) is 1. The smallest absolute Gasteiger partial charge is 0.407 e. The van der Waals surface area contributed by atoms with Gasteiger partial charge in [0.25, 0.3) is 0 Å². The molecule has 92 valence electrons. The molecule has 1 saturated heterocycles. The van der Waals surface area contributed by atoms with Gasteiger partial charge in [0.15, 0.2) is 6.29 Å². The van der Waals surface area contributed by atoms with Crippen LogP contribution in [0.3, 0.4) is 0 Å². The normalized spacial score (nSPS) is 24.6. The molecule has 17 heavy (non-hydrogen) atoms. The van der Waals surface area contributed by atoms with Crippen LogP contribution in [0.25, 0.3) is 0 Å². The summed E-state index contributed by atoms with van der Waals surface area (Å²) in [5, 5.41) is 12.6. The van der Waals surface area contributed by atoms with E-state index in [0.29, 0.717) is 18.6 Å². The molecule has 0 spiro atoms. The molecule has 6 heteroatoms. The highest BCUT2D eigenvalue weighted by atomic mass is 16.5. The summed E-state index contributed by atoms with van der Waals surface area (Å²) in [5.74, 6) is 0.578. The van der Waals surface area contributed by atoms with E-state index in [0.717, 1.165) is 12.8 Å². The number of hydrogen-bond donors (Lipinski definition) is 1. The van der Waals surface area contributed by atoms with Crippen LogP contribution in [-0.2, 0) is 0 Å². The third kappa shape index (κ3) is 2.30. The monoisotopic (exact) mass is 238 g/mol. The number of amides is 1. The van der Waals surface area contributed by atoms with Crippen molar-refractivity contribution in [3.63, 3.8) is 0 Å². The Morgan fingerprint density at radius 2 is 2.41 bits per heavy atom. The molecule has 0 aliphatic carbocycles. The fraction of sp³-hybridized carbons (Fsp3) is 0.545. The van der Waals surface area contributed by atoms with Gasteiger partial charge in [-0.25, -0.2) is 4.79 Å². The molecule has 1 N–H and O–H groups in total. The fourth-order valence-corrected chi connectivity index (χ4v) is 2.16. The highest BCUT2D eigenvalue weighted by Gasteiger charge is 2.31. The number of hydrogen-bond acceptors (Lipinski definition) is 4. The van der Waals surface area contributed by atoms with Crippen molar-refractivity contribution in [3.05, 3.63) is 17.5 Å². The lowest BCUT2D eigenvalue weighted by molar-refractivity contribution is 0.101. The highest BCUT2D eigenvalue weighted by Crippen LogP contribution is 2.30. The average molecular weight is 238 g/mol. The van der Waals surface area contributed by atoms with Gasteiger partial charge in [0.05, 0.1) is 0 Å². The molecule has 6 nitrogen and oxygen atoms in total. The predicted octanol–water partition coefficient (Wildman–Crippen LogP) is 1.73. The Labute approximate surface area is 98.2 Å². The van der Waals surface area contributed by atoms with E-state index in [1.54, 1.807) is 6.07 Å². The molecule has 1 aromatic heterocycles. The average Bonchev–Trinajstić information content (AvgIpc) is 2.78. The molecule has 0 bridgehead atoms. The Hall–Kier alpha value is -1.85. The lowest BCUT2D eigenvalue weighted by atomic mass is 9.92. The third-order valence-corrected chi connectivity index (χ3v) is 3.20. The first-order valence-electron chi connectivity index (χ1n) is 5.53. The molecule has 1 amide bonds. The summed E-state index contributed by atoms with van der Waals surface area (Å²) in [7, 11) is 0. The van der Waals surface area contributed by atoms with Gasteiger partial charge in [0, 0.05) is 24.6 Å². The quantitative estimate of drug-likeness (QED) is 0.793. The highest BCUT2D eigenvalue weighted by molar-refractivity contribution is 5.71. The Morgan fingerprint density at radius 1 is 1.65 bits per heavy atom. The zero-order valence-corrected chi connectivity index (χ0v) is 9.50. The minimum Gasteiger partial charge on any atom is -0.465 e. The maximum absolute atomic E-state index is 11.0. The van der Waals surface area contributed by atoms with Gasteiger partial charge in [0.2, 0.25) is 0 Å². The van der Waals surface area contributed by atoms with Crippen LogP contribution in [-0.4, -0.2) is 40.1 Å². The molecule has 2 atom stereocenters. The lowest BCUT2D eigenvalue weighted by Gasteiger charge is -2.34. The van der Waals surface area contributed by atoms with Gasteiger partial charge in [0.1, 0.15) is 11.5 Å². The number of rotatable bonds is 2. The van der Waals surface area contributed by atoms with Crippen LogP contribution in [0.4, 0.5) is 4.79 Å². The van der Waals surface area contributed by atoms with Crippen molar-refractivity contribution < 1.29 is 19.2 Å². The summed E-state index contributed by atoms with van der Waals surface area (Å²) < 4.78 is 5.06. The second-order valence-electron chi connectivity index (χ2n) is 4.33. The molecule has 2 heterocycles. The summed E-state index contributed by atoms with van der Waals surface area (Å²) >= 11 is 0. The van der Waals surface area contributed by atoms with Gasteiger partial charge >= 0.3 is 6.09 Å². The van der Waals surface area contributed by atoms with E-state index in [1.165, 1.54) is 4.90 Å². The molecule has 0 aromatic carbocycles. The van der Waals surface area contributed by atoms with E-state index in [2.05, 4.69) is 5.16 Å². The number of aromatic nitrogens is 1. The van der Waals surface area contributed by atoms with Crippen molar-refractivity contribution >= 4 is 12.4 Å². The third-order valence-electron chi connectivity index (χ3n) is 3.20. The van der Waals surface area contributed by atoms with Crippen molar-refractivity contribution in [1.82, 2.24) is 10.1 Å². The van der Waals surface area contributed by atoms with Gasteiger partial charge < -0.3 is 14.5 Å². The maximum Gasteiger partial charge on any atom is 0.407 e. The zero-order chi connectivity index (χ0) is 12.4. The first-order chi connectivity index (χ1) is 8.11. The van der Waals surface area contributed by atoms with Crippen LogP contribution >= 0.6 is 0 Å². The molecular weight excluding hydrogens is 224 g/mol. The van der Waals surface area contributed by atoms with Crippen molar-refractivity contribution in [2.75, 3.05) is 6.54 Å². The molecule has 1 fully saturated rings. The predicted molar refractivity (Wildman–Crippen MR) is 58.1 cm³/mol. The Bertz CT molecular complexity index is 429. The van der Waals surface area contributed by atoms with Crippen molar-refractivity contribution in [2.24, 2.45) is 0 Å². The molecule has 2 unspecified atom stereocenters. The molecule has 0 saturated carbocycles. The number of aldehydes is 1. The van der Waals surface area contributed by atoms with Crippen LogP contribution in [0.1, 0.15) is 41.9 Å². The number of nitrogens with zero attached hydrogens (tertiary/aromatic N) is 2. The van der Waals surface area contributed by atoms with Crippen molar-refractivity contribution in [3.8, 4) is 0 Å². The molecular formula is C11H14N2O4. The topological polar surface area (TPSA) is 83.6 Å². The Balaban J connectivity index is 2.12. The van der Waals surface area contributed by atoms with Crippen LogP contribution < -0.4 is 0 Å². The van der Waals surface area contributed by atoms with Gasteiger partial charge in [-0.1, -0.05) is 5.16 Å². The molecule has 2 rings (SSSR count). The van der Waals surface area contributed by atoms with Crippen LogP contribution in [0.15, 0.2) is 10.6 Å². The van der Waals surface area contributed by atoms with Crippen LogP contribution in [0, 0.1) is 0 Å². The number of carbonyl (C=O) groups is 2. The molecule has 1 aromatic rings. The van der Waals surface area contributed by atoms with Crippen molar-refractivity contribution in [1.29, 1.82) is 0 Å². The first kappa shape index (κ1) is 11.6. The van der Waals surface area contributed by atoms with Gasteiger partial charge in [-0.05, 0) is 19.8 Å². The van der Waals surface area contributed by atoms with E-state index >= 15 is 0 Å². The number of piperidine rings is 1. The second kappa shape index (κ2) is 4.57. The second-order valence-corrected chi connectivity index (χ2v) is 4.33. The molecule has 1 aliphatic heterocycles. The SMILES string of the molecule is CC1CCC(c2cc(C=O)no2)CN1C(=O)O. The summed E-state index contributed by atoms with van der Waals surface area (Å²) in [6.45, 7) is 2.28. The van der Waals surface area contributed by atoms with Crippen LogP contribution in [0.2, 0.25) is 0 Å². The van der Waals surface area contributed by atoms with E-state index in [-0.39, 0.29) is 17.7 Å². The molecule has 1 aliphatic rings. The van der Waals surface area contributed by atoms with E-state index in [1.807, 2.05) is 6.92 Å². The Morgan fingerprint density at radius 3 is 3.00 bits per heavy atom. The largest absolute Gasteiger partial charge is 0.465 e. The molecule has 0 radical (unpaired) electrons. The van der Waals surface area contributed by atoms with Gasteiger partial charge in [-0.2, -0.15) is 0 Å². The summed E-state index contributed by atoms with van der Waals surface area (Å²) in [4.78, 5) is 22.9. The lowest BCUT2D eigenvalue weighted by Crippen LogP contribution is -2.44. The van der Waals surface area contributed by atoms with E-state index in [4.69, 9.17) is 9.63 Å². The minimum absolute atomic E-state index is 0.0106. The summed E-state index contributed by atoms with van der Waals surface area (Å²) in [5.41, 5.74) is 0.250. The number of carboxylic acid groups (broad SMARTS) is 1. The Kier molecular flexibility index (Phi) is 3.12. The van der Waals surface area contributed by atoms with E-state index < -0.39 is 6.09 Å². The summed E-state index contributed by atoms with van der Waals surface area (Å²) in [6, 6.07) is 1.60. The maximum atomic E-state index is 11.0. The zero-order valence-electron chi connectivity index (χ0n) is 9.50. The van der Waals surface area contributed by atoms with Gasteiger partial charge in [-0.3, -0.25) is 4.79 Å². The standard InChI is InChI=1S/C11H14N2O4/c1-7-2-3-8(5-13(7)11(15)16)10-4-9(6-14)12-17-10/h4,6-8H,2-3,5H2,1H3,(H,15,16). The first-order valence-corrected chi connectivity index (χ1v) is 5.53. The van der Waals surface area contributed by atoms with Crippen LogP contribution in [0.5, 0.6) is 0 Å². The minimum atomic E-state index is -0.919. The van der Waals surface area contributed by atoms with Gasteiger partial charge in [-0.15, -0.1) is 0 Å². The number of carbonyl (C=O) groups excluding carboxylic acids is 1.